The van der Waals surface area contributed by atoms with Gasteiger partial charge in [0.1, 0.15) is 17.0 Å². The first-order valence-corrected chi connectivity index (χ1v) is 11.8. The molecule has 0 bridgehead atoms. The third kappa shape index (κ3) is 4.96. The lowest BCUT2D eigenvalue weighted by Gasteiger charge is -2.28. The van der Waals surface area contributed by atoms with Gasteiger partial charge in [-0.1, -0.05) is 0 Å². The number of hydrogen-bond acceptors (Lipinski definition) is 8. The van der Waals surface area contributed by atoms with Gasteiger partial charge in [0.15, 0.2) is 0 Å². The van der Waals surface area contributed by atoms with Crippen LogP contribution in [0.15, 0.2) is 41.5 Å². The maximum absolute atomic E-state index is 12.5. The lowest BCUT2D eigenvalue weighted by atomic mass is 10.2. The topological polar surface area (TPSA) is 115 Å². The molecular weight excluding hydrogens is 434 g/mol. The van der Waals surface area contributed by atoms with Crippen molar-refractivity contribution in [2.75, 3.05) is 61.5 Å². The van der Waals surface area contributed by atoms with Crippen LogP contribution in [0.25, 0.3) is 10.9 Å². The number of anilines is 4. The van der Waals surface area contributed by atoms with E-state index in [1.54, 1.807) is 6.07 Å². The summed E-state index contributed by atoms with van der Waals surface area (Å²) in [5, 5.41) is 7.02. The van der Waals surface area contributed by atoms with Crippen molar-refractivity contribution in [3.05, 3.63) is 47.0 Å². The van der Waals surface area contributed by atoms with E-state index >= 15 is 0 Å². The van der Waals surface area contributed by atoms with Crippen LogP contribution in [0.4, 0.5) is 23.0 Å². The molecule has 1 amide bonds. The average Bonchev–Trinajstić information content (AvgIpc) is 3.27. The summed E-state index contributed by atoms with van der Waals surface area (Å²) >= 11 is 0. The van der Waals surface area contributed by atoms with E-state index in [4.69, 9.17) is 4.74 Å². The van der Waals surface area contributed by atoms with Crippen molar-refractivity contribution >= 4 is 39.8 Å². The molecule has 34 heavy (non-hydrogen) atoms. The Hall–Kier alpha value is -3.66. The summed E-state index contributed by atoms with van der Waals surface area (Å²) < 4.78 is 5.43. The van der Waals surface area contributed by atoms with E-state index in [1.165, 1.54) is 6.33 Å². The van der Waals surface area contributed by atoms with Gasteiger partial charge in [0.05, 0.1) is 25.1 Å². The first kappa shape index (κ1) is 22.1. The number of amides is 1. The number of nitrogens with zero attached hydrogens (tertiary/aromatic N) is 4. The molecule has 4 heterocycles. The van der Waals surface area contributed by atoms with E-state index in [2.05, 4.69) is 42.6 Å². The second-order valence-corrected chi connectivity index (χ2v) is 8.52. The first-order chi connectivity index (χ1) is 16.7. The molecule has 2 aromatic heterocycles. The number of H-pyrrole nitrogens is 1. The lowest BCUT2D eigenvalue weighted by Crippen LogP contribution is -2.36. The molecule has 0 spiro atoms. The highest BCUT2D eigenvalue weighted by molar-refractivity contribution is 5.92. The molecule has 0 aliphatic carbocycles. The molecule has 0 atom stereocenters. The molecule has 10 heteroatoms. The number of nitrogens with one attached hydrogen (secondary N) is 3. The fourth-order valence-electron chi connectivity index (χ4n) is 4.41. The SMILES string of the molecule is O=C1CCCN1CCCNc1cc2nc[nH]c(=O)c2c(Nc2ccc(N3CCOCC3)cc2)n1. The van der Waals surface area contributed by atoms with E-state index in [1.807, 2.05) is 17.0 Å². The Morgan fingerprint density at radius 3 is 2.68 bits per heavy atom. The summed E-state index contributed by atoms with van der Waals surface area (Å²) in [6.07, 6.45) is 3.82. The van der Waals surface area contributed by atoms with Crippen LogP contribution in [0.5, 0.6) is 0 Å². The minimum Gasteiger partial charge on any atom is -0.378 e. The van der Waals surface area contributed by atoms with Gasteiger partial charge < -0.3 is 30.2 Å². The van der Waals surface area contributed by atoms with Crippen LogP contribution in [0.3, 0.4) is 0 Å². The minimum atomic E-state index is -0.246. The Labute approximate surface area is 197 Å². The van der Waals surface area contributed by atoms with E-state index in [9.17, 15) is 9.59 Å². The van der Waals surface area contributed by atoms with Crippen molar-refractivity contribution in [1.29, 1.82) is 0 Å². The number of fused-ring (bicyclic) bond motifs is 1. The van der Waals surface area contributed by atoms with Crippen LogP contribution in [-0.2, 0) is 9.53 Å². The molecule has 1 aromatic carbocycles. The Balaban J connectivity index is 1.31. The quantitative estimate of drug-likeness (QED) is 0.436. The fourth-order valence-corrected chi connectivity index (χ4v) is 4.41. The van der Waals surface area contributed by atoms with Crippen LogP contribution >= 0.6 is 0 Å². The van der Waals surface area contributed by atoms with Crippen LogP contribution in [-0.4, -0.2) is 71.7 Å². The van der Waals surface area contributed by atoms with Crippen LogP contribution < -0.4 is 21.1 Å². The molecule has 0 radical (unpaired) electrons. The highest BCUT2D eigenvalue weighted by Crippen LogP contribution is 2.26. The molecule has 2 saturated heterocycles. The summed E-state index contributed by atoms with van der Waals surface area (Å²) in [6, 6.07) is 9.85. The van der Waals surface area contributed by atoms with Gasteiger partial charge >= 0.3 is 0 Å². The summed E-state index contributed by atoms with van der Waals surface area (Å²) in [6.45, 7) is 5.47. The number of carbonyl (C=O) groups is 1. The van der Waals surface area contributed by atoms with Crippen LogP contribution in [0.2, 0.25) is 0 Å². The summed E-state index contributed by atoms with van der Waals surface area (Å²) in [4.78, 5) is 40.2. The number of aromatic nitrogens is 3. The van der Waals surface area contributed by atoms with Crippen molar-refractivity contribution in [3.63, 3.8) is 0 Å². The number of rotatable bonds is 8. The van der Waals surface area contributed by atoms with Gasteiger partial charge in [-0.05, 0) is 37.1 Å². The molecule has 2 aliphatic heterocycles. The molecule has 2 aliphatic rings. The standard InChI is InChI=1S/C24H29N7O3/c32-21-3-1-9-31(21)10-2-8-25-20-15-19-22(24(33)27-16-26-19)23(29-20)28-17-4-6-18(7-5-17)30-11-13-34-14-12-30/h4-7,15-16H,1-3,8-14H2,(H2,25,28,29)(H,26,27,33). The number of pyridine rings is 1. The van der Waals surface area contributed by atoms with Crippen LogP contribution in [0, 0.1) is 0 Å². The first-order valence-electron chi connectivity index (χ1n) is 11.8. The second-order valence-electron chi connectivity index (χ2n) is 8.52. The van der Waals surface area contributed by atoms with Gasteiger partial charge in [0, 0.05) is 56.6 Å². The monoisotopic (exact) mass is 463 g/mol. The van der Waals surface area contributed by atoms with E-state index < -0.39 is 0 Å². The smallest absolute Gasteiger partial charge is 0.262 e. The van der Waals surface area contributed by atoms with Gasteiger partial charge in [-0.2, -0.15) is 0 Å². The van der Waals surface area contributed by atoms with Crippen molar-refractivity contribution in [3.8, 4) is 0 Å². The molecule has 3 aromatic rings. The van der Waals surface area contributed by atoms with Crippen molar-refractivity contribution in [1.82, 2.24) is 19.9 Å². The summed E-state index contributed by atoms with van der Waals surface area (Å²) in [5.74, 6) is 1.31. The van der Waals surface area contributed by atoms with Crippen LogP contribution in [0.1, 0.15) is 19.3 Å². The zero-order valence-corrected chi connectivity index (χ0v) is 19.0. The zero-order valence-electron chi connectivity index (χ0n) is 19.0. The fraction of sp³-hybridized carbons (Fsp3) is 0.417. The molecule has 10 nitrogen and oxygen atoms in total. The average molecular weight is 464 g/mol. The van der Waals surface area contributed by atoms with Gasteiger partial charge in [0.2, 0.25) is 5.91 Å². The molecule has 178 valence electrons. The maximum Gasteiger partial charge on any atom is 0.262 e. The zero-order chi connectivity index (χ0) is 23.3. The van der Waals surface area contributed by atoms with Gasteiger partial charge in [-0.15, -0.1) is 0 Å². The predicted molar refractivity (Wildman–Crippen MR) is 132 cm³/mol. The number of hydrogen-bond donors (Lipinski definition) is 3. The lowest BCUT2D eigenvalue weighted by molar-refractivity contribution is -0.127. The van der Waals surface area contributed by atoms with Gasteiger partial charge in [-0.25, -0.2) is 9.97 Å². The maximum atomic E-state index is 12.5. The normalized spacial score (nSPS) is 16.3. The predicted octanol–water partition coefficient (Wildman–Crippen LogP) is 2.32. The number of aromatic amines is 1. The summed E-state index contributed by atoms with van der Waals surface area (Å²) in [5.41, 5.74) is 2.28. The number of carbonyl (C=O) groups excluding carboxylic acids is 1. The Morgan fingerprint density at radius 2 is 1.91 bits per heavy atom. The van der Waals surface area contributed by atoms with E-state index in [0.29, 0.717) is 35.5 Å². The third-order valence-corrected chi connectivity index (χ3v) is 6.21. The molecule has 2 fully saturated rings. The van der Waals surface area contributed by atoms with E-state index in [-0.39, 0.29) is 11.5 Å². The molecular formula is C24H29N7O3. The minimum absolute atomic E-state index is 0.235. The van der Waals surface area contributed by atoms with Crippen molar-refractivity contribution < 1.29 is 9.53 Å². The largest absolute Gasteiger partial charge is 0.378 e. The number of benzene rings is 1. The third-order valence-electron chi connectivity index (χ3n) is 6.21. The molecule has 3 N–H and O–H groups in total. The number of morpholine rings is 1. The van der Waals surface area contributed by atoms with E-state index in [0.717, 1.165) is 63.6 Å². The summed E-state index contributed by atoms with van der Waals surface area (Å²) in [7, 11) is 0. The highest BCUT2D eigenvalue weighted by atomic mass is 16.5. The Bertz CT molecular complexity index is 1210. The van der Waals surface area contributed by atoms with Crippen molar-refractivity contribution in [2.24, 2.45) is 0 Å². The van der Waals surface area contributed by atoms with Crippen molar-refractivity contribution in [2.45, 2.75) is 19.3 Å². The van der Waals surface area contributed by atoms with Gasteiger partial charge in [-0.3, -0.25) is 9.59 Å². The van der Waals surface area contributed by atoms with Gasteiger partial charge in [0.25, 0.3) is 5.56 Å². The Morgan fingerprint density at radius 1 is 1.09 bits per heavy atom. The number of ether oxygens (including phenoxy) is 1. The highest BCUT2D eigenvalue weighted by Gasteiger charge is 2.19. The molecule has 0 unspecified atom stereocenters. The second kappa shape index (κ2) is 10.1. The molecule has 5 rings (SSSR count). The number of likely N-dealkylation sites (tertiary alicyclic amines) is 1. The molecule has 0 saturated carbocycles. The Kier molecular flexibility index (Phi) is 6.57.